The summed E-state index contributed by atoms with van der Waals surface area (Å²) in [5.41, 5.74) is 4.10. The first-order chi connectivity index (χ1) is 13.6. The van der Waals surface area contributed by atoms with Crippen LogP contribution in [0.15, 0.2) is 76.3 Å². The van der Waals surface area contributed by atoms with Crippen molar-refractivity contribution >= 4 is 44.8 Å². The number of nitrogens with zero attached hydrogens (tertiary/aromatic N) is 2. The summed E-state index contributed by atoms with van der Waals surface area (Å²) in [5, 5.41) is 8.36. The van der Waals surface area contributed by atoms with Crippen LogP contribution in [0.4, 0.5) is 0 Å². The van der Waals surface area contributed by atoms with Gasteiger partial charge < -0.3 is 4.74 Å². The Morgan fingerprint density at radius 2 is 1.75 bits per heavy atom. The third-order valence-electron chi connectivity index (χ3n) is 5.10. The van der Waals surface area contributed by atoms with Crippen LogP contribution in [-0.4, -0.2) is 10.7 Å². The average molecular weight is 474 g/mol. The lowest BCUT2D eigenvalue weighted by Crippen LogP contribution is -2.33. The minimum absolute atomic E-state index is 0.0770. The molecule has 0 aliphatic carbocycles. The molecule has 0 fully saturated rings. The molecule has 3 aromatic rings. The minimum Gasteiger partial charge on any atom is -0.464 e. The minimum atomic E-state index is -0.378. The maximum atomic E-state index is 6.49. The van der Waals surface area contributed by atoms with Crippen molar-refractivity contribution in [1.82, 2.24) is 5.01 Å². The van der Waals surface area contributed by atoms with Crippen molar-refractivity contribution in [2.24, 2.45) is 5.10 Å². The van der Waals surface area contributed by atoms with Crippen LogP contribution in [0.5, 0.6) is 5.75 Å². The fraction of sp³-hybridized carbons (Fsp3) is 0.136. The number of ether oxygens (including phenoxy) is 1. The molecule has 0 amide bonds. The summed E-state index contributed by atoms with van der Waals surface area (Å²) in [6.45, 7) is 0. The van der Waals surface area contributed by atoms with Gasteiger partial charge in [0.2, 0.25) is 6.23 Å². The monoisotopic (exact) mass is 472 g/mol. The molecule has 2 atom stereocenters. The number of fused-ring (bicyclic) bond motifs is 3. The Morgan fingerprint density at radius 3 is 2.54 bits per heavy atom. The topological polar surface area (TPSA) is 24.8 Å². The lowest BCUT2D eigenvalue weighted by molar-refractivity contribution is -0.0190. The number of hydrogen-bond donors (Lipinski definition) is 0. The van der Waals surface area contributed by atoms with E-state index >= 15 is 0 Å². The van der Waals surface area contributed by atoms with Crippen molar-refractivity contribution in [1.29, 1.82) is 0 Å². The Morgan fingerprint density at radius 1 is 0.964 bits per heavy atom. The summed E-state index contributed by atoms with van der Waals surface area (Å²) in [7, 11) is 0. The van der Waals surface area contributed by atoms with Gasteiger partial charge in [0, 0.05) is 32.1 Å². The van der Waals surface area contributed by atoms with Crippen molar-refractivity contribution in [3.8, 4) is 5.75 Å². The quantitative estimate of drug-likeness (QED) is 0.400. The fourth-order valence-electron chi connectivity index (χ4n) is 3.76. The zero-order valence-corrected chi connectivity index (χ0v) is 17.7. The van der Waals surface area contributed by atoms with Crippen LogP contribution < -0.4 is 4.74 Å². The lowest BCUT2D eigenvalue weighted by Gasteiger charge is -2.38. The van der Waals surface area contributed by atoms with E-state index in [2.05, 4.69) is 22.0 Å². The van der Waals surface area contributed by atoms with Crippen LogP contribution in [0.2, 0.25) is 10.0 Å². The summed E-state index contributed by atoms with van der Waals surface area (Å²) >= 11 is 16.1. The van der Waals surface area contributed by atoms with Crippen LogP contribution in [0.3, 0.4) is 0 Å². The number of hydrogen-bond acceptors (Lipinski definition) is 3. The van der Waals surface area contributed by atoms with Crippen molar-refractivity contribution in [2.45, 2.75) is 18.7 Å². The predicted octanol–water partition coefficient (Wildman–Crippen LogP) is 7.00. The van der Waals surface area contributed by atoms with Gasteiger partial charge in [-0.25, -0.2) is 5.01 Å². The van der Waals surface area contributed by atoms with Gasteiger partial charge in [0.05, 0.1) is 11.8 Å². The molecule has 0 N–H and O–H groups in total. The van der Waals surface area contributed by atoms with Crippen LogP contribution >= 0.6 is 39.1 Å². The highest BCUT2D eigenvalue weighted by Gasteiger charge is 2.41. The second kappa shape index (κ2) is 7.11. The first-order valence-corrected chi connectivity index (χ1v) is 10.5. The molecule has 140 valence electrons. The average Bonchev–Trinajstić information content (AvgIpc) is 3.14. The van der Waals surface area contributed by atoms with Crippen LogP contribution in [0, 0.1) is 0 Å². The molecule has 28 heavy (non-hydrogen) atoms. The lowest BCUT2D eigenvalue weighted by atomic mass is 9.96. The fourth-order valence-corrected chi connectivity index (χ4v) is 4.49. The van der Waals surface area contributed by atoms with Crippen LogP contribution in [0.1, 0.15) is 35.4 Å². The predicted molar refractivity (Wildman–Crippen MR) is 116 cm³/mol. The van der Waals surface area contributed by atoms with Crippen LogP contribution in [0.25, 0.3) is 0 Å². The summed E-state index contributed by atoms with van der Waals surface area (Å²) in [5.74, 6) is 0.863. The Labute approximate surface area is 181 Å². The second-order valence-corrected chi connectivity index (χ2v) is 8.59. The van der Waals surface area contributed by atoms with Gasteiger partial charge in [0.1, 0.15) is 5.75 Å². The van der Waals surface area contributed by atoms with E-state index in [1.807, 2.05) is 65.7 Å². The molecule has 0 bridgehead atoms. The molecule has 3 aromatic carbocycles. The molecular formula is C22H15BrCl2N2O. The van der Waals surface area contributed by atoms with Crippen LogP contribution in [-0.2, 0) is 0 Å². The van der Waals surface area contributed by atoms with E-state index in [1.165, 1.54) is 0 Å². The molecule has 0 aromatic heterocycles. The van der Waals surface area contributed by atoms with E-state index in [-0.39, 0.29) is 12.3 Å². The molecule has 2 aliphatic rings. The normalized spacial score (nSPS) is 20.2. The van der Waals surface area contributed by atoms with Gasteiger partial charge in [-0.1, -0.05) is 69.5 Å². The summed E-state index contributed by atoms with van der Waals surface area (Å²) < 4.78 is 7.38. The molecular weight excluding hydrogens is 459 g/mol. The van der Waals surface area contributed by atoms with Gasteiger partial charge in [-0.05, 0) is 42.0 Å². The largest absolute Gasteiger partial charge is 0.464 e. The first kappa shape index (κ1) is 18.0. The Hall–Kier alpha value is -2.01. The van der Waals surface area contributed by atoms with Crippen molar-refractivity contribution in [3.63, 3.8) is 0 Å². The van der Waals surface area contributed by atoms with Crippen molar-refractivity contribution < 1.29 is 4.74 Å². The Kier molecular flexibility index (Phi) is 4.58. The van der Waals surface area contributed by atoms with Gasteiger partial charge in [-0.2, -0.15) is 5.10 Å². The van der Waals surface area contributed by atoms with Crippen molar-refractivity contribution in [3.05, 3.63) is 97.9 Å². The highest BCUT2D eigenvalue weighted by Crippen LogP contribution is 2.49. The molecule has 2 aliphatic heterocycles. The molecule has 6 heteroatoms. The van der Waals surface area contributed by atoms with Gasteiger partial charge in [-0.3, -0.25) is 0 Å². The number of rotatable bonds is 2. The zero-order chi connectivity index (χ0) is 19.3. The van der Waals surface area contributed by atoms with E-state index in [0.717, 1.165) is 39.0 Å². The molecule has 0 spiro atoms. The standard InChI is InChI=1S/C22H15BrCl2N2O/c23-14-7-10-21-17(11-14)20-12-19(13-5-8-15(24)9-6-13)26-27(20)22(28-21)16-3-1-2-4-18(16)25/h1-11,20,22H,12H2/t20-,22-/m0/s1. The molecule has 3 nitrogen and oxygen atoms in total. The summed E-state index contributed by atoms with van der Waals surface area (Å²) in [4.78, 5) is 0. The smallest absolute Gasteiger partial charge is 0.215 e. The van der Waals surface area contributed by atoms with E-state index in [4.69, 9.17) is 33.0 Å². The highest BCUT2D eigenvalue weighted by molar-refractivity contribution is 9.10. The van der Waals surface area contributed by atoms with Gasteiger partial charge >= 0.3 is 0 Å². The number of benzene rings is 3. The van der Waals surface area contributed by atoms with E-state index in [1.54, 1.807) is 0 Å². The number of halogens is 3. The molecule has 2 heterocycles. The molecule has 0 saturated carbocycles. The number of hydrazone groups is 1. The third-order valence-corrected chi connectivity index (χ3v) is 6.19. The first-order valence-electron chi connectivity index (χ1n) is 8.92. The maximum Gasteiger partial charge on any atom is 0.215 e. The summed E-state index contributed by atoms with van der Waals surface area (Å²) in [6, 6.07) is 21.7. The van der Waals surface area contributed by atoms with Crippen molar-refractivity contribution in [2.75, 3.05) is 0 Å². The van der Waals surface area contributed by atoms with Gasteiger partial charge in [0.15, 0.2) is 0 Å². The Balaban J connectivity index is 1.62. The SMILES string of the molecule is Clc1ccc(C2=NN3[C@@H](C2)c2cc(Br)ccc2O[C@H]3c2ccccc2Cl)cc1. The Bertz CT molecular complexity index is 1080. The highest BCUT2D eigenvalue weighted by atomic mass is 79.9. The van der Waals surface area contributed by atoms with E-state index in [0.29, 0.717) is 10.0 Å². The van der Waals surface area contributed by atoms with E-state index < -0.39 is 0 Å². The van der Waals surface area contributed by atoms with Gasteiger partial charge in [-0.15, -0.1) is 0 Å². The molecule has 0 saturated heterocycles. The van der Waals surface area contributed by atoms with Gasteiger partial charge in [0.25, 0.3) is 0 Å². The zero-order valence-electron chi connectivity index (χ0n) is 14.6. The van der Waals surface area contributed by atoms with E-state index in [9.17, 15) is 0 Å². The maximum absolute atomic E-state index is 6.49. The summed E-state index contributed by atoms with van der Waals surface area (Å²) in [6.07, 6.45) is 0.409. The molecule has 0 unspecified atom stereocenters. The second-order valence-electron chi connectivity index (χ2n) is 6.83. The molecule has 0 radical (unpaired) electrons. The third kappa shape index (κ3) is 3.10. The molecule has 5 rings (SSSR count).